The summed E-state index contributed by atoms with van der Waals surface area (Å²) in [6.07, 6.45) is 1.41. The van der Waals surface area contributed by atoms with Crippen molar-refractivity contribution >= 4 is 23.1 Å². The third-order valence-electron chi connectivity index (χ3n) is 4.21. The lowest BCUT2D eigenvalue weighted by Gasteiger charge is -2.18. The topological polar surface area (TPSA) is 58.1 Å². The summed E-state index contributed by atoms with van der Waals surface area (Å²) in [7, 11) is 1.91. The van der Waals surface area contributed by atoms with Crippen LogP contribution in [-0.2, 0) is 0 Å². The second-order valence-corrected chi connectivity index (χ2v) is 6.39. The smallest absolute Gasteiger partial charge is 0.274 e. The number of aromatic nitrogens is 2. The maximum atomic E-state index is 12.5. The van der Waals surface area contributed by atoms with E-state index in [0.29, 0.717) is 17.4 Å². The zero-order chi connectivity index (χ0) is 18.5. The van der Waals surface area contributed by atoms with Gasteiger partial charge in [-0.2, -0.15) is 0 Å². The van der Waals surface area contributed by atoms with Crippen LogP contribution in [0.1, 0.15) is 35.8 Å². The highest BCUT2D eigenvalue weighted by Crippen LogP contribution is 2.22. The van der Waals surface area contributed by atoms with Crippen LogP contribution in [0.3, 0.4) is 0 Å². The Morgan fingerprint density at radius 1 is 1.00 bits per heavy atom. The first-order valence-corrected chi connectivity index (χ1v) is 8.56. The Balaban J connectivity index is 1.76. The van der Waals surface area contributed by atoms with Crippen molar-refractivity contribution in [1.82, 2.24) is 9.97 Å². The Labute approximate surface area is 153 Å². The highest BCUT2D eigenvalue weighted by molar-refractivity contribution is 6.03. The number of para-hydroxylation sites is 1. The predicted molar refractivity (Wildman–Crippen MR) is 105 cm³/mol. The largest absolute Gasteiger partial charge is 0.329 e. The van der Waals surface area contributed by atoms with E-state index >= 15 is 0 Å². The minimum absolute atomic E-state index is 0.257. The van der Waals surface area contributed by atoms with Gasteiger partial charge in [0.1, 0.15) is 17.8 Å². The van der Waals surface area contributed by atoms with Crippen molar-refractivity contribution < 1.29 is 4.79 Å². The number of benzene rings is 2. The van der Waals surface area contributed by atoms with Crippen molar-refractivity contribution in [3.63, 3.8) is 0 Å². The number of anilines is 3. The fourth-order valence-electron chi connectivity index (χ4n) is 2.58. The third kappa shape index (κ3) is 4.06. The molecule has 5 nitrogen and oxygen atoms in total. The van der Waals surface area contributed by atoms with Crippen LogP contribution in [0, 0.1) is 0 Å². The fraction of sp³-hybridized carbons (Fsp3) is 0.190. The molecule has 2 aromatic carbocycles. The Hall–Kier alpha value is -3.21. The van der Waals surface area contributed by atoms with Crippen LogP contribution in [0.25, 0.3) is 0 Å². The van der Waals surface area contributed by atoms with E-state index in [4.69, 9.17) is 0 Å². The van der Waals surface area contributed by atoms with Gasteiger partial charge in [0.05, 0.1) is 0 Å². The molecule has 1 aromatic heterocycles. The van der Waals surface area contributed by atoms with Crippen LogP contribution in [0.15, 0.2) is 67.0 Å². The van der Waals surface area contributed by atoms with Crippen LogP contribution >= 0.6 is 0 Å². The molecule has 0 aliphatic heterocycles. The minimum Gasteiger partial charge on any atom is -0.329 e. The average Bonchev–Trinajstić information content (AvgIpc) is 2.68. The van der Waals surface area contributed by atoms with Crippen molar-refractivity contribution in [2.45, 2.75) is 19.8 Å². The van der Waals surface area contributed by atoms with Crippen LogP contribution in [0.2, 0.25) is 0 Å². The van der Waals surface area contributed by atoms with Gasteiger partial charge in [-0.15, -0.1) is 0 Å². The van der Waals surface area contributed by atoms with Crippen LogP contribution in [0.4, 0.5) is 17.2 Å². The van der Waals surface area contributed by atoms with Gasteiger partial charge in [0.15, 0.2) is 0 Å². The molecule has 1 heterocycles. The Kier molecular flexibility index (Phi) is 5.27. The summed E-state index contributed by atoms with van der Waals surface area (Å²) < 4.78 is 0. The Morgan fingerprint density at radius 3 is 2.35 bits per heavy atom. The molecule has 0 bridgehead atoms. The number of amides is 1. The second-order valence-electron chi connectivity index (χ2n) is 6.39. The molecule has 132 valence electrons. The maximum absolute atomic E-state index is 12.5. The van der Waals surface area contributed by atoms with Crippen molar-refractivity contribution in [1.29, 1.82) is 0 Å². The van der Waals surface area contributed by atoms with E-state index in [1.165, 1.54) is 11.9 Å². The summed E-state index contributed by atoms with van der Waals surface area (Å²) in [6, 6.07) is 19.4. The second kappa shape index (κ2) is 7.78. The SMILES string of the molecule is CC(C)c1ccc(NC(=O)c2cc(N(C)c3ccccc3)ncn2)cc1. The molecule has 26 heavy (non-hydrogen) atoms. The van der Waals surface area contributed by atoms with Gasteiger partial charge in [-0.05, 0) is 35.7 Å². The van der Waals surface area contributed by atoms with Crippen molar-refractivity contribution in [2.24, 2.45) is 0 Å². The monoisotopic (exact) mass is 346 g/mol. The molecule has 0 spiro atoms. The molecular weight excluding hydrogens is 324 g/mol. The summed E-state index contributed by atoms with van der Waals surface area (Å²) >= 11 is 0. The van der Waals surface area contributed by atoms with Gasteiger partial charge in [-0.3, -0.25) is 4.79 Å². The van der Waals surface area contributed by atoms with Crippen LogP contribution in [0.5, 0.6) is 0 Å². The molecule has 1 N–H and O–H groups in total. The van der Waals surface area contributed by atoms with E-state index in [2.05, 4.69) is 29.1 Å². The van der Waals surface area contributed by atoms with Crippen molar-refractivity contribution in [3.05, 3.63) is 78.2 Å². The van der Waals surface area contributed by atoms with Crippen molar-refractivity contribution in [3.8, 4) is 0 Å². The van der Waals surface area contributed by atoms with E-state index in [9.17, 15) is 4.79 Å². The highest BCUT2D eigenvalue weighted by atomic mass is 16.1. The van der Waals surface area contributed by atoms with E-state index in [1.807, 2.05) is 66.5 Å². The first kappa shape index (κ1) is 17.6. The van der Waals surface area contributed by atoms with E-state index < -0.39 is 0 Å². The number of hydrogen-bond donors (Lipinski definition) is 1. The van der Waals surface area contributed by atoms with Crippen LogP contribution < -0.4 is 10.2 Å². The molecule has 0 fully saturated rings. The number of hydrogen-bond acceptors (Lipinski definition) is 4. The predicted octanol–water partition coefficient (Wildman–Crippen LogP) is 4.62. The molecule has 0 unspecified atom stereocenters. The Morgan fingerprint density at radius 2 is 1.69 bits per heavy atom. The Bertz CT molecular complexity index is 876. The number of carbonyl (C=O) groups is 1. The molecular formula is C21H22N4O. The van der Waals surface area contributed by atoms with E-state index in [0.717, 1.165) is 11.4 Å². The zero-order valence-corrected chi connectivity index (χ0v) is 15.2. The third-order valence-corrected chi connectivity index (χ3v) is 4.21. The lowest BCUT2D eigenvalue weighted by atomic mass is 10.0. The number of carbonyl (C=O) groups excluding carboxylic acids is 1. The molecule has 0 aliphatic rings. The quantitative estimate of drug-likeness (QED) is 0.732. The van der Waals surface area contributed by atoms with Gasteiger partial charge in [-0.25, -0.2) is 9.97 Å². The fourth-order valence-corrected chi connectivity index (χ4v) is 2.58. The summed E-state index contributed by atoms with van der Waals surface area (Å²) in [5.74, 6) is 0.858. The normalized spacial score (nSPS) is 10.6. The van der Waals surface area contributed by atoms with Gasteiger partial charge in [0.2, 0.25) is 0 Å². The summed E-state index contributed by atoms with van der Waals surface area (Å²) in [6.45, 7) is 4.28. The summed E-state index contributed by atoms with van der Waals surface area (Å²) in [5.41, 5.74) is 3.29. The first-order valence-electron chi connectivity index (χ1n) is 8.56. The molecule has 0 radical (unpaired) electrons. The minimum atomic E-state index is -0.257. The van der Waals surface area contributed by atoms with E-state index in [1.54, 1.807) is 6.07 Å². The highest BCUT2D eigenvalue weighted by Gasteiger charge is 2.12. The number of nitrogens with one attached hydrogen (secondary N) is 1. The van der Waals surface area contributed by atoms with Gasteiger partial charge in [0.25, 0.3) is 5.91 Å². The molecule has 0 saturated heterocycles. The maximum Gasteiger partial charge on any atom is 0.274 e. The van der Waals surface area contributed by atoms with E-state index in [-0.39, 0.29) is 5.91 Å². The average molecular weight is 346 g/mol. The van der Waals surface area contributed by atoms with Gasteiger partial charge in [0, 0.05) is 24.5 Å². The summed E-state index contributed by atoms with van der Waals surface area (Å²) in [5, 5.41) is 2.88. The molecule has 5 heteroatoms. The first-order chi connectivity index (χ1) is 12.5. The molecule has 3 rings (SSSR count). The lowest BCUT2D eigenvalue weighted by molar-refractivity contribution is 0.102. The zero-order valence-electron chi connectivity index (χ0n) is 15.2. The van der Waals surface area contributed by atoms with Gasteiger partial charge >= 0.3 is 0 Å². The standard InChI is InChI=1S/C21H22N4O/c1-15(2)16-9-11-17(12-10-16)24-21(26)19-13-20(23-14-22-19)25(3)18-7-5-4-6-8-18/h4-15H,1-3H3,(H,24,26). The number of rotatable bonds is 5. The molecule has 0 aliphatic carbocycles. The molecule has 1 amide bonds. The molecule has 0 atom stereocenters. The van der Waals surface area contributed by atoms with Gasteiger partial charge < -0.3 is 10.2 Å². The molecule has 0 saturated carbocycles. The lowest BCUT2D eigenvalue weighted by Crippen LogP contribution is -2.17. The molecule has 3 aromatic rings. The van der Waals surface area contributed by atoms with Crippen LogP contribution in [-0.4, -0.2) is 22.9 Å². The summed E-state index contributed by atoms with van der Waals surface area (Å²) in [4.78, 5) is 22.8. The van der Waals surface area contributed by atoms with Gasteiger partial charge in [-0.1, -0.05) is 44.2 Å². The number of nitrogens with zero attached hydrogens (tertiary/aromatic N) is 3. The van der Waals surface area contributed by atoms with Crippen molar-refractivity contribution in [2.75, 3.05) is 17.3 Å².